The van der Waals surface area contributed by atoms with Crippen molar-refractivity contribution in [3.8, 4) is 11.6 Å². The molecule has 9 heteroatoms. The van der Waals surface area contributed by atoms with Crippen LogP contribution in [0, 0.1) is 5.82 Å². The largest absolute Gasteiger partial charge is 0.486 e. The number of ether oxygens (including phenoxy) is 2. The second-order valence-corrected chi connectivity index (χ2v) is 7.60. The summed E-state index contributed by atoms with van der Waals surface area (Å²) in [6.07, 6.45) is 3.38. The quantitative estimate of drug-likeness (QED) is 0.588. The average Bonchev–Trinajstić information content (AvgIpc) is 3.21. The number of hydrogen-bond acceptors (Lipinski definition) is 8. The van der Waals surface area contributed by atoms with Gasteiger partial charge in [-0.25, -0.2) is 9.37 Å². The van der Waals surface area contributed by atoms with E-state index in [0.29, 0.717) is 18.2 Å². The molecule has 1 aliphatic heterocycles. The maximum Gasteiger partial charge on any atom is 0.233 e. The molecule has 152 valence electrons. The zero-order valence-corrected chi connectivity index (χ0v) is 16.9. The van der Waals surface area contributed by atoms with Gasteiger partial charge >= 0.3 is 0 Å². The molecule has 1 aliphatic rings. The first-order valence-corrected chi connectivity index (χ1v) is 10.2. The van der Waals surface area contributed by atoms with Gasteiger partial charge in [0.25, 0.3) is 0 Å². The zero-order chi connectivity index (χ0) is 20.1. The Morgan fingerprint density at radius 2 is 1.86 bits per heavy atom. The van der Waals surface area contributed by atoms with Crippen molar-refractivity contribution in [3.05, 3.63) is 58.6 Å². The average molecular weight is 415 g/mol. The molecule has 1 saturated heterocycles. The molecular weight excluding hydrogens is 393 g/mol. The van der Waals surface area contributed by atoms with E-state index in [1.807, 2.05) is 0 Å². The first-order valence-electron chi connectivity index (χ1n) is 9.34. The normalized spacial score (nSPS) is 14.8. The molecule has 0 amide bonds. The molecule has 1 fully saturated rings. The fourth-order valence-corrected chi connectivity index (χ4v) is 3.81. The van der Waals surface area contributed by atoms with Crippen molar-refractivity contribution in [2.24, 2.45) is 0 Å². The molecule has 0 N–H and O–H groups in total. The lowest BCUT2D eigenvalue weighted by Crippen LogP contribution is -2.46. The van der Waals surface area contributed by atoms with E-state index in [9.17, 15) is 4.39 Å². The third-order valence-electron chi connectivity index (χ3n) is 4.67. The van der Waals surface area contributed by atoms with Gasteiger partial charge in [-0.15, -0.1) is 11.3 Å². The number of halogens is 1. The van der Waals surface area contributed by atoms with Crippen LogP contribution in [0.4, 0.5) is 10.2 Å². The van der Waals surface area contributed by atoms with Crippen molar-refractivity contribution in [1.29, 1.82) is 0 Å². The van der Waals surface area contributed by atoms with E-state index >= 15 is 0 Å². The Morgan fingerprint density at radius 3 is 2.62 bits per heavy atom. The van der Waals surface area contributed by atoms with Crippen molar-refractivity contribution in [3.63, 3.8) is 0 Å². The summed E-state index contributed by atoms with van der Waals surface area (Å²) in [5.41, 5.74) is 1.04. The summed E-state index contributed by atoms with van der Waals surface area (Å²) in [7, 11) is 1.60. The number of anilines is 1. The van der Waals surface area contributed by atoms with Crippen LogP contribution in [0.1, 0.15) is 10.7 Å². The SMILES string of the molecule is COc1cncc(N2CCN(Cc3csc(COc4ccc(F)cc4)n3)CC2)n1. The lowest BCUT2D eigenvalue weighted by atomic mass is 10.3. The van der Waals surface area contributed by atoms with Crippen LogP contribution in [0.15, 0.2) is 42.0 Å². The number of thiazole rings is 1. The van der Waals surface area contributed by atoms with Crippen LogP contribution in [-0.4, -0.2) is 53.1 Å². The number of nitrogens with zero attached hydrogens (tertiary/aromatic N) is 5. The van der Waals surface area contributed by atoms with Crippen LogP contribution in [0.3, 0.4) is 0 Å². The lowest BCUT2D eigenvalue weighted by molar-refractivity contribution is 0.246. The maximum absolute atomic E-state index is 12.9. The molecule has 0 unspecified atom stereocenters. The van der Waals surface area contributed by atoms with Gasteiger partial charge in [-0.2, -0.15) is 4.98 Å². The Labute approximate surface area is 172 Å². The van der Waals surface area contributed by atoms with Crippen LogP contribution in [-0.2, 0) is 13.2 Å². The van der Waals surface area contributed by atoms with Gasteiger partial charge in [-0.05, 0) is 24.3 Å². The lowest BCUT2D eigenvalue weighted by Gasteiger charge is -2.34. The van der Waals surface area contributed by atoms with Gasteiger partial charge in [-0.1, -0.05) is 0 Å². The van der Waals surface area contributed by atoms with E-state index < -0.39 is 0 Å². The summed E-state index contributed by atoms with van der Waals surface area (Å²) >= 11 is 1.58. The van der Waals surface area contributed by atoms with Gasteiger partial charge in [0, 0.05) is 38.1 Å². The van der Waals surface area contributed by atoms with Gasteiger partial charge in [-0.3, -0.25) is 9.88 Å². The van der Waals surface area contributed by atoms with Gasteiger partial charge in [0.15, 0.2) is 5.82 Å². The van der Waals surface area contributed by atoms with E-state index in [-0.39, 0.29) is 5.82 Å². The molecule has 3 aromatic rings. The molecule has 1 aromatic carbocycles. The summed E-state index contributed by atoms with van der Waals surface area (Å²) in [5.74, 6) is 1.74. The highest BCUT2D eigenvalue weighted by molar-refractivity contribution is 7.09. The molecule has 4 rings (SSSR count). The van der Waals surface area contributed by atoms with Gasteiger partial charge in [0.05, 0.1) is 25.2 Å². The molecule has 0 atom stereocenters. The van der Waals surface area contributed by atoms with Crippen molar-refractivity contribution >= 4 is 17.2 Å². The summed E-state index contributed by atoms with van der Waals surface area (Å²) in [5, 5.41) is 2.98. The van der Waals surface area contributed by atoms with Crippen LogP contribution >= 0.6 is 11.3 Å². The molecule has 0 bridgehead atoms. The Bertz CT molecular complexity index is 929. The van der Waals surface area contributed by atoms with Crippen molar-refractivity contribution < 1.29 is 13.9 Å². The summed E-state index contributed by atoms with van der Waals surface area (Å²) in [6.45, 7) is 4.82. The fourth-order valence-electron chi connectivity index (χ4n) is 3.12. The maximum atomic E-state index is 12.9. The summed E-state index contributed by atoms with van der Waals surface area (Å²) < 4.78 is 23.8. The van der Waals surface area contributed by atoms with Crippen LogP contribution in [0.25, 0.3) is 0 Å². The number of piperazine rings is 1. The predicted molar refractivity (Wildman–Crippen MR) is 109 cm³/mol. The molecule has 0 saturated carbocycles. The van der Waals surface area contributed by atoms with Crippen LogP contribution in [0.5, 0.6) is 11.6 Å². The number of hydrogen-bond donors (Lipinski definition) is 0. The molecule has 0 aliphatic carbocycles. The van der Waals surface area contributed by atoms with Crippen molar-refractivity contribution in [2.75, 3.05) is 38.2 Å². The minimum atomic E-state index is -0.271. The summed E-state index contributed by atoms with van der Waals surface area (Å²) in [6, 6.07) is 6.02. The number of rotatable bonds is 7. The standard InChI is InChI=1S/C20H22FN5O2S/c1-27-19-11-22-10-18(24-19)26-8-6-25(7-9-26)12-16-14-29-20(23-16)13-28-17-4-2-15(21)3-5-17/h2-5,10-11,14H,6-9,12-13H2,1H3. The first kappa shape index (κ1) is 19.5. The van der Waals surface area contributed by atoms with E-state index in [2.05, 4.69) is 30.1 Å². The van der Waals surface area contributed by atoms with Crippen LogP contribution < -0.4 is 14.4 Å². The Balaban J connectivity index is 1.26. The number of methoxy groups -OCH3 is 1. The number of benzene rings is 1. The van der Waals surface area contributed by atoms with Gasteiger partial charge in [0.2, 0.25) is 5.88 Å². The van der Waals surface area contributed by atoms with Crippen molar-refractivity contribution in [2.45, 2.75) is 13.2 Å². The monoisotopic (exact) mass is 415 g/mol. The van der Waals surface area contributed by atoms with E-state index in [4.69, 9.17) is 9.47 Å². The number of aromatic nitrogens is 3. The minimum Gasteiger partial charge on any atom is -0.486 e. The van der Waals surface area contributed by atoms with E-state index in [1.165, 1.54) is 12.1 Å². The highest BCUT2D eigenvalue weighted by Gasteiger charge is 2.19. The highest BCUT2D eigenvalue weighted by atomic mass is 32.1. The topological polar surface area (TPSA) is 63.6 Å². The van der Waals surface area contributed by atoms with E-state index in [0.717, 1.165) is 49.2 Å². The third kappa shape index (κ3) is 5.18. The molecule has 7 nitrogen and oxygen atoms in total. The van der Waals surface area contributed by atoms with E-state index in [1.54, 1.807) is 43.0 Å². The molecule has 29 heavy (non-hydrogen) atoms. The third-order valence-corrected chi connectivity index (χ3v) is 5.54. The second-order valence-electron chi connectivity index (χ2n) is 6.66. The van der Waals surface area contributed by atoms with Crippen LogP contribution in [0.2, 0.25) is 0 Å². The molecule has 3 heterocycles. The van der Waals surface area contributed by atoms with Gasteiger partial charge in [0.1, 0.15) is 23.2 Å². The zero-order valence-electron chi connectivity index (χ0n) is 16.1. The second kappa shape index (κ2) is 9.15. The molecule has 0 spiro atoms. The predicted octanol–water partition coefficient (Wildman–Crippen LogP) is 2.98. The Kier molecular flexibility index (Phi) is 6.16. The molecule has 2 aromatic heterocycles. The van der Waals surface area contributed by atoms with Gasteiger partial charge < -0.3 is 14.4 Å². The fraction of sp³-hybridized carbons (Fsp3) is 0.350. The summed E-state index contributed by atoms with van der Waals surface area (Å²) in [4.78, 5) is 17.9. The van der Waals surface area contributed by atoms with Crippen molar-refractivity contribution in [1.82, 2.24) is 19.9 Å². The minimum absolute atomic E-state index is 0.271. The molecule has 0 radical (unpaired) electrons. The Hall–Kier alpha value is -2.78. The highest BCUT2D eigenvalue weighted by Crippen LogP contribution is 2.19. The first-order chi connectivity index (χ1) is 14.2. The smallest absolute Gasteiger partial charge is 0.233 e. The Morgan fingerprint density at radius 1 is 1.07 bits per heavy atom. The molecular formula is C20H22FN5O2S.